The van der Waals surface area contributed by atoms with Gasteiger partial charge in [0.1, 0.15) is 5.75 Å². The van der Waals surface area contributed by atoms with E-state index in [1.54, 1.807) is 13.2 Å². The molecule has 2 aromatic rings. The van der Waals surface area contributed by atoms with E-state index in [1.165, 1.54) is 12.1 Å². The third-order valence-corrected chi connectivity index (χ3v) is 3.03. The number of nitrogens with one attached hydrogen (secondary N) is 1. The predicted molar refractivity (Wildman–Crippen MR) is 78.1 cm³/mol. The van der Waals surface area contributed by atoms with E-state index in [9.17, 15) is 10.1 Å². The largest absolute Gasteiger partial charge is 0.497 e. The van der Waals surface area contributed by atoms with Crippen LogP contribution in [-0.4, -0.2) is 12.0 Å². The van der Waals surface area contributed by atoms with E-state index in [0.717, 1.165) is 17.0 Å². The highest BCUT2D eigenvalue weighted by Crippen LogP contribution is 2.24. The fraction of sp³-hybridized carbons (Fsp3) is 0.200. The van der Waals surface area contributed by atoms with Gasteiger partial charge in [-0.1, -0.05) is 18.2 Å². The van der Waals surface area contributed by atoms with Crippen LogP contribution >= 0.6 is 0 Å². The molecule has 2 aromatic carbocycles. The lowest BCUT2D eigenvalue weighted by Gasteiger charge is -2.16. The van der Waals surface area contributed by atoms with Crippen molar-refractivity contribution in [3.63, 3.8) is 0 Å². The van der Waals surface area contributed by atoms with Crippen molar-refractivity contribution >= 4 is 11.4 Å². The lowest BCUT2D eigenvalue weighted by atomic mass is 10.1. The minimum absolute atomic E-state index is 0.0205. The number of nitrogens with zero attached hydrogens (tertiary/aromatic N) is 1. The summed E-state index contributed by atoms with van der Waals surface area (Å²) in [6.07, 6.45) is 0. The molecule has 1 atom stereocenters. The maximum absolute atomic E-state index is 10.8. The van der Waals surface area contributed by atoms with E-state index in [0.29, 0.717) is 0 Å². The van der Waals surface area contributed by atoms with Gasteiger partial charge in [0.05, 0.1) is 12.0 Å². The molecule has 2 rings (SSSR count). The van der Waals surface area contributed by atoms with E-state index < -0.39 is 4.92 Å². The lowest BCUT2D eigenvalue weighted by Crippen LogP contribution is -2.06. The Morgan fingerprint density at radius 2 is 1.95 bits per heavy atom. The second kappa shape index (κ2) is 6.06. The summed E-state index contributed by atoms with van der Waals surface area (Å²) in [6, 6.07) is 14.2. The van der Waals surface area contributed by atoms with Crippen molar-refractivity contribution in [1.29, 1.82) is 0 Å². The van der Waals surface area contributed by atoms with E-state index in [-0.39, 0.29) is 11.7 Å². The number of non-ortho nitro benzene ring substituents is 1. The number of rotatable bonds is 5. The summed E-state index contributed by atoms with van der Waals surface area (Å²) < 4.78 is 5.19. The van der Waals surface area contributed by atoms with Crippen LogP contribution in [0.5, 0.6) is 5.75 Å². The van der Waals surface area contributed by atoms with Gasteiger partial charge >= 0.3 is 0 Å². The van der Waals surface area contributed by atoms with Crippen LogP contribution in [-0.2, 0) is 0 Å². The standard InChI is InChI=1S/C15H16N2O3/c1-11(12-5-3-8-15(9-12)20-2)16-13-6-4-7-14(10-13)17(18)19/h3-11,16H,1-2H3. The first-order valence-electron chi connectivity index (χ1n) is 6.25. The molecule has 0 saturated carbocycles. The number of hydrogen-bond donors (Lipinski definition) is 1. The van der Waals surface area contributed by atoms with Crippen LogP contribution in [0, 0.1) is 10.1 Å². The van der Waals surface area contributed by atoms with E-state index >= 15 is 0 Å². The minimum Gasteiger partial charge on any atom is -0.497 e. The summed E-state index contributed by atoms with van der Waals surface area (Å²) in [6.45, 7) is 1.99. The Kier molecular flexibility index (Phi) is 4.20. The molecule has 5 nitrogen and oxygen atoms in total. The SMILES string of the molecule is COc1cccc(C(C)Nc2cccc([N+](=O)[O-])c2)c1. The van der Waals surface area contributed by atoms with Gasteiger partial charge in [0, 0.05) is 23.9 Å². The fourth-order valence-electron chi connectivity index (χ4n) is 1.95. The van der Waals surface area contributed by atoms with Crippen molar-refractivity contribution in [2.75, 3.05) is 12.4 Å². The smallest absolute Gasteiger partial charge is 0.271 e. The molecule has 0 aliphatic rings. The van der Waals surface area contributed by atoms with Gasteiger partial charge in [-0.3, -0.25) is 10.1 Å². The molecule has 20 heavy (non-hydrogen) atoms. The summed E-state index contributed by atoms with van der Waals surface area (Å²) in [5.74, 6) is 0.787. The summed E-state index contributed by atoms with van der Waals surface area (Å²) in [5.41, 5.74) is 1.85. The number of nitro benzene ring substituents is 1. The first-order valence-corrected chi connectivity index (χ1v) is 6.25. The van der Waals surface area contributed by atoms with Gasteiger partial charge in [-0.2, -0.15) is 0 Å². The molecule has 0 aromatic heterocycles. The number of nitro groups is 1. The van der Waals surface area contributed by atoms with E-state index in [2.05, 4.69) is 5.32 Å². The highest BCUT2D eigenvalue weighted by atomic mass is 16.6. The number of hydrogen-bond acceptors (Lipinski definition) is 4. The molecule has 0 aliphatic carbocycles. The quantitative estimate of drug-likeness (QED) is 0.664. The van der Waals surface area contributed by atoms with E-state index in [4.69, 9.17) is 4.74 Å². The van der Waals surface area contributed by atoms with Crippen LogP contribution < -0.4 is 10.1 Å². The summed E-state index contributed by atoms with van der Waals surface area (Å²) in [7, 11) is 1.62. The first-order chi connectivity index (χ1) is 9.60. The van der Waals surface area contributed by atoms with Crippen molar-refractivity contribution in [2.45, 2.75) is 13.0 Å². The van der Waals surface area contributed by atoms with Crippen molar-refractivity contribution in [1.82, 2.24) is 0 Å². The Bertz CT molecular complexity index is 614. The molecule has 0 amide bonds. The molecule has 0 aliphatic heterocycles. The highest BCUT2D eigenvalue weighted by Gasteiger charge is 2.09. The second-order valence-corrected chi connectivity index (χ2v) is 4.45. The zero-order chi connectivity index (χ0) is 14.5. The van der Waals surface area contributed by atoms with Gasteiger partial charge in [-0.25, -0.2) is 0 Å². The second-order valence-electron chi connectivity index (χ2n) is 4.45. The number of methoxy groups -OCH3 is 1. The first kappa shape index (κ1) is 13.9. The van der Waals surface area contributed by atoms with Gasteiger partial charge in [0.15, 0.2) is 0 Å². The Hall–Kier alpha value is -2.56. The average Bonchev–Trinajstić information content (AvgIpc) is 2.47. The third kappa shape index (κ3) is 3.26. The van der Waals surface area contributed by atoms with Crippen LogP contribution in [0.2, 0.25) is 0 Å². The molecule has 5 heteroatoms. The minimum atomic E-state index is -0.401. The molecular formula is C15H16N2O3. The van der Waals surface area contributed by atoms with Crippen molar-refractivity contribution in [3.05, 3.63) is 64.2 Å². The molecule has 0 spiro atoms. The topological polar surface area (TPSA) is 64.4 Å². The zero-order valence-corrected chi connectivity index (χ0v) is 11.4. The Morgan fingerprint density at radius 1 is 1.20 bits per heavy atom. The molecule has 104 valence electrons. The molecule has 0 bridgehead atoms. The molecular weight excluding hydrogens is 256 g/mol. The van der Waals surface area contributed by atoms with Crippen molar-refractivity contribution in [2.24, 2.45) is 0 Å². The zero-order valence-electron chi connectivity index (χ0n) is 11.4. The summed E-state index contributed by atoms with van der Waals surface area (Å²) >= 11 is 0. The molecule has 1 unspecified atom stereocenters. The van der Waals surface area contributed by atoms with Crippen molar-refractivity contribution in [3.8, 4) is 5.75 Å². The van der Waals surface area contributed by atoms with Crippen LogP contribution in [0.3, 0.4) is 0 Å². The molecule has 0 saturated heterocycles. The number of ether oxygens (including phenoxy) is 1. The van der Waals surface area contributed by atoms with Crippen molar-refractivity contribution < 1.29 is 9.66 Å². The fourth-order valence-corrected chi connectivity index (χ4v) is 1.95. The predicted octanol–water partition coefficient (Wildman–Crippen LogP) is 3.78. The molecule has 0 fully saturated rings. The third-order valence-electron chi connectivity index (χ3n) is 3.03. The monoisotopic (exact) mass is 272 g/mol. The highest BCUT2D eigenvalue weighted by molar-refractivity contribution is 5.52. The Morgan fingerprint density at radius 3 is 2.65 bits per heavy atom. The van der Waals surface area contributed by atoms with Gasteiger partial charge in [-0.05, 0) is 30.7 Å². The van der Waals surface area contributed by atoms with Gasteiger partial charge in [0.25, 0.3) is 5.69 Å². The number of anilines is 1. The summed E-state index contributed by atoms with van der Waals surface area (Å²) in [5, 5.41) is 14.0. The average molecular weight is 272 g/mol. The maximum Gasteiger partial charge on any atom is 0.271 e. The van der Waals surface area contributed by atoms with E-state index in [1.807, 2.05) is 37.3 Å². The van der Waals surface area contributed by atoms with Crippen LogP contribution in [0.4, 0.5) is 11.4 Å². The lowest BCUT2D eigenvalue weighted by molar-refractivity contribution is -0.384. The number of benzene rings is 2. The van der Waals surface area contributed by atoms with Gasteiger partial charge in [-0.15, -0.1) is 0 Å². The van der Waals surface area contributed by atoms with Crippen LogP contribution in [0.15, 0.2) is 48.5 Å². The summed E-state index contributed by atoms with van der Waals surface area (Å²) in [4.78, 5) is 10.4. The Labute approximate surface area is 117 Å². The van der Waals surface area contributed by atoms with Gasteiger partial charge < -0.3 is 10.1 Å². The van der Waals surface area contributed by atoms with Crippen LogP contribution in [0.1, 0.15) is 18.5 Å². The van der Waals surface area contributed by atoms with Gasteiger partial charge in [0.2, 0.25) is 0 Å². The molecule has 0 heterocycles. The van der Waals surface area contributed by atoms with Crippen LogP contribution in [0.25, 0.3) is 0 Å². The normalized spacial score (nSPS) is 11.7. The molecule has 1 N–H and O–H groups in total. The Balaban J connectivity index is 2.16. The molecule has 0 radical (unpaired) electrons. The maximum atomic E-state index is 10.8.